The van der Waals surface area contributed by atoms with Crippen LogP contribution in [0.25, 0.3) is 0 Å². The summed E-state index contributed by atoms with van der Waals surface area (Å²) >= 11 is 9.38. The minimum Gasteiger partial charge on any atom is -0.479 e. The van der Waals surface area contributed by atoms with Crippen LogP contribution < -0.4 is 4.74 Å². The van der Waals surface area contributed by atoms with Gasteiger partial charge in [-0.3, -0.25) is 0 Å². The van der Waals surface area contributed by atoms with Gasteiger partial charge in [-0.2, -0.15) is 5.10 Å². The van der Waals surface area contributed by atoms with E-state index in [1.165, 1.54) is 7.11 Å². The van der Waals surface area contributed by atoms with Crippen molar-refractivity contribution in [1.29, 1.82) is 0 Å². The molecule has 0 saturated carbocycles. The fourth-order valence-corrected chi connectivity index (χ4v) is 1.94. The van der Waals surface area contributed by atoms with Gasteiger partial charge in [0.15, 0.2) is 0 Å². The van der Waals surface area contributed by atoms with Crippen LogP contribution in [0.4, 0.5) is 0 Å². The zero-order valence-electron chi connectivity index (χ0n) is 9.15. The largest absolute Gasteiger partial charge is 0.479 e. The predicted octanol–water partition coefficient (Wildman–Crippen LogP) is 3.49. The molecule has 3 nitrogen and oxygen atoms in total. The molecular weight excluding hydrogens is 304 g/mol. The first-order chi connectivity index (χ1) is 8.19. The third-order valence-corrected chi connectivity index (χ3v) is 3.06. The lowest BCUT2D eigenvalue weighted by atomic mass is 10.1. The topological polar surface area (TPSA) is 35.0 Å². The molecule has 2 aromatic rings. The first kappa shape index (κ1) is 12.3. The van der Waals surface area contributed by atoms with E-state index in [-0.39, 0.29) is 0 Å². The van der Waals surface area contributed by atoms with E-state index >= 15 is 0 Å². The van der Waals surface area contributed by atoms with Crippen molar-refractivity contribution < 1.29 is 4.74 Å². The Morgan fingerprint density at radius 3 is 2.53 bits per heavy atom. The van der Waals surface area contributed by atoms with Crippen molar-refractivity contribution in [1.82, 2.24) is 10.2 Å². The number of rotatable bonds is 3. The Labute approximate surface area is 113 Å². The molecule has 0 atom stereocenters. The summed E-state index contributed by atoms with van der Waals surface area (Å²) < 4.78 is 6.01. The van der Waals surface area contributed by atoms with Crippen LogP contribution in [0.2, 0.25) is 5.02 Å². The second-order valence-electron chi connectivity index (χ2n) is 3.50. The smallest absolute Gasteiger partial charge is 0.252 e. The number of hydrogen-bond acceptors (Lipinski definition) is 3. The monoisotopic (exact) mass is 312 g/mol. The molecule has 17 heavy (non-hydrogen) atoms. The summed E-state index contributed by atoms with van der Waals surface area (Å²) in [6.07, 6.45) is 0.698. The van der Waals surface area contributed by atoms with E-state index in [1.807, 2.05) is 24.3 Å². The van der Waals surface area contributed by atoms with Crippen LogP contribution in [0.1, 0.15) is 11.3 Å². The van der Waals surface area contributed by atoms with Gasteiger partial charge < -0.3 is 4.74 Å². The maximum absolute atomic E-state index is 5.99. The zero-order chi connectivity index (χ0) is 12.3. The van der Waals surface area contributed by atoms with Crippen molar-refractivity contribution in [3.05, 3.63) is 51.1 Å². The van der Waals surface area contributed by atoms with Crippen LogP contribution >= 0.6 is 27.5 Å². The summed E-state index contributed by atoms with van der Waals surface area (Å²) in [5, 5.41) is 8.44. The Morgan fingerprint density at radius 2 is 1.94 bits per heavy atom. The first-order valence-electron chi connectivity index (χ1n) is 4.99. The minimum atomic E-state index is 0.353. The molecular formula is C12H10BrClN2O. The molecule has 0 radical (unpaired) electrons. The van der Waals surface area contributed by atoms with Gasteiger partial charge >= 0.3 is 0 Å². The highest BCUT2D eigenvalue weighted by Crippen LogP contribution is 2.21. The summed E-state index contributed by atoms with van der Waals surface area (Å²) in [6, 6.07) is 9.82. The molecule has 0 amide bonds. The lowest BCUT2D eigenvalue weighted by Gasteiger charge is -2.04. The molecule has 5 heteroatoms. The summed E-state index contributed by atoms with van der Waals surface area (Å²) in [5.41, 5.74) is 1.97. The van der Waals surface area contributed by atoms with Crippen molar-refractivity contribution >= 4 is 27.5 Å². The Kier molecular flexibility index (Phi) is 3.97. The normalized spacial score (nSPS) is 10.3. The van der Waals surface area contributed by atoms with E-state index < -0.39 is 0 Å². The third-order valence-electron chi connectivity index (χ3n) is 2.26. The van der Waals surface area contributed by atoms with Gasteiger partial charge in [-0.1, -0.05) is 39.7 Å². The molecule has 0 saturated heterocycles. The van der Waals surface area contributed by atoms with Crippen LogP contribution in [-0.4, -0.2) is 17.3 Å². The van der Waals surface area contributed by atoms with E-state index in [2.05, 4.69) is 26.1 Å². The highest BCUT2D eigenvalue weighted by molar-refractivity contribution is 9.10. The fourth-order valence-electron chi connectivity index (χ4n) is 1.43. The molecule has 0 aliphatic rings. The number of ether oxygens (including phenoxy) is 1. The van der Waals surface area contributed by atoms with Gasteiger partial charge in [0.05, 0.1) is 12.8 Å². The average Bonchev–Trinajstić information content (AvgIpc) is 2.32. The molecule has 1 aromatic carbocycles. The van der Waals surface area contributed by atoms with Gasteiger partial charge in [0, 0.05) is 10.9 Å². The van der Waals surface area contributed by atoms with Crippen molar-refractivity contribution in [3.8, 4) is 5.88 Å². The molecule has 0 unspecified atom stereocenters. The Balaban J connectivity index is 2.19. The predicted molar refractivity (Wildman–Crippen MR) is 70.5 cm³/mol. The zero-order valence-corrected chi connectivity index (χ0v) is 11.5. The number of hydrogen-bond donors (Lipinski definition) is 0. The molecule has 0 bridgehead atoms. The maximum Gasteiger partial charge on any atom is 0.252 e. The van der Waals surface area contributed by atoms with Crippen LogP contribution in [0.15, 0.2) is 34.8 Å². The quantitative estimate of drug-likeness (QED) is 0.870. The molecule has 88 valence electrons. The Morgan fingerprint density at radius 1 is 1.24 bits per heavy atom. The molecule has 0 fully saturated rings. The van der Waals surface area contributed by atoms with Gasteiger partial charge in [0.25, 0.3) is 5.88 Å². The molecule has 2 rings (SSSR count). The lowest BCUT2D eigenvalue weighted by Crippen LogP contribution is -1.97. The van der Waals surface area contributed by atoms with Crippen molar-refractivity contribution in [3.63, 3.8) is 0 Å². The SMILES string of the molecule is COc1nnc(Cc2ccc(Br)cc2)cc1Cl. The fraction of sp³-hybridized carbons (Fsp3) is 0.167. The number of aromatic nitrogens is 2. The van der Waals surface area contributed by atoms with Crippen molar-refractivity contribution in [2.75, 3.05) is 7.11 Å². The Bertz CT molecular complexity index is 516. The first-order valence-corrected chi connectivity index (χ1v) is 6.16. The molecule has 1 aromatic heterocycles. The van der Waals surface area contributed by atoms with Crippen LogP contribution in [0.5, 0.6) is 5.88 Å². The maximum atomic E-state index is 5.99. The molecule has 0 aliphatic heterocycles. The Hall–Kier alpha value is -1.13. The number of benzene rings is 1. The second kappa shape index (κ2) is 5.47. The molecule has 0 aliphatic carbocycles. The van der Waals surface area contributed by atoms with E-state index in [0.29, 0.717) is 17.3 Å². The van der Waals surface area contributed by atoms with E-state index in [1.54, 1.807) is 6.07 Å². The van der Waals surface area contributed by atoms with Crippen molar-refractivity contribution in [2.24, 2.45) is 0 Å². The summed E-state index contributed by atoms with van der Waals surface area (Å²) in [7, 11) is 1.52. The summed E-state index contributed by atoms with van der Waals surface area (Å²) in [4.78, 5) is 0. The van der Waals surface area contributed by atoms with Gasteiger partial charge in [-0.15, -0.1) is 5.10 Å². The second-order valence-corrected chi connectivity index (χ2v) is 4.82. The number of methoxy groups -OCH3 is 1. The highest BCUT2D eigenvalue weighted by Gasteiger charge is 2.05. The third kappa shape index (κ3) is 3.17. The molecule has 0 spiro atoms. The molecule has 1 heterocycles. The van der Waals surface area contributed by atoms with Gasteiger partial charge in [0.2, 0.25) is 0 Å². The van der Waals surface area contributed by atoms with Gasteiger partial charge in [0.1, 0.15) is 5.02 Å². The van der Waals surface area contributed by atoms with E-state index in [0.717, 1.165) is 15.7 Å². The highest BCUT2D eigenvalue weighted by atomic mass is 79.9. The minimum absolute atomic E-state index is 0.353. The van der Waals surface area contributed by atoms with Crippen molar-refractivity contribution in [2.45, 2.75) is 6.42 Å². The lowest BCUT2D eigenvalue weighted by molar-refractivity contribution is 0.391. The average molecular weight is 314 g/mol. The van der Waals surface area contributed by atoms with Crippen LogP contribution in [-0.2, 0) is 6.42 Å². The van der Waals surface area contributed by atoms with Gasteiger partial charge in [-0.25, -0.2) is 0 Å². The number of nitrogens with zero attached hydrogens (tertiary/aromatic N) is 2. The van der Waals surface area contributed by atoms with Gasteiger partial charge in [-0.05, 0) is 23.8 Å². The van der Waals surface area contributed by atoms with E-state index in [9.17, 15) is 0 Å². The number of halogens is 2. The summed E-state index contributed by atoms with van der Waals surface area (Å²) in [5.74, 6) is 0.353. The molecule has 0 N–H and O–H groups in total. The van der Waals surface area contributed by atoms with E-state index in [4.69, 9.17) is 16.3 Å². The van der Waals surface area contributed by atoms with Crippen LogP contribution in [0.3, 0.4) is 0 Å². The summed E-state index contributed by atoms with van der Waals surface area (Å²) in [6.45, 7) is 0. The standard InChI is InChI=1S/C12H10BrClN2O/c1-17-12-11(14)7-10(15-16-12)6-8-2-4-9(13)5-3-8/h2-5,7H,6H2,1H3. The van der Waals surface area contributed by atoms with Crippen LogP contribution in [0, 0.1) is 0 Å².